The second kappa shape index (κ2) is 6.35. The topological polar surface area (TPSA) is 49.3 Å². The minimum atomic E-state index is -0.535. The molecule has 0 saturated heterocycles. The van der Waals surface area contributed by atoms with Crippen LogP contribution in [-0.4, -0.2) is 17.6 Å². The van der Waals surface area contributed by atoms with Gasteiger partial charge in [-0.3, -0.25) is 4.79 Å². The number of aliphatic hydroxyl groups is 1. The van der Waals surface area contributed by atoms with Crippen LogP contribution in [0.25, 0.3) is 0 Å². The number of hydrogen-bond acceptors (Lipinski definition) is 2. The van der Waals surface area contributed by atoms with Crippen LogP contribution in [-0.2, 0) is 4.79 Å². The van der Waals surface area contributed by atoms with Crippen LogP contribution in [0.2, 0.25) is 0 Å². The van der Waals surface area contributed by atoms with E-state index in [1.807, 2.05) is 20.8 Å². The molecule has 0 radical (unpaired) electrons. The van der Waals surface area contributed by atoms with Gasteiger partial charge in [0.1, 0.15) is 12.4 Å². The summed E-state index contributed by atoms with van der Waals surface area (Å²) >= 11 is 0. The Hall–Kier alpha value is -1.86. The second-order valence-corrected chi connectivity index (χ2v) is 5.44. The van der Waals surface area contributed by atoms with E-state index in [0.29, 0.717) is 12.0 Å². The molecule has 1 amide bonds. The molecule has 0 heterocycles. The van der Waals surface area contributed by atoms with Gasteiger partial charge in [-0.15, -0.1) is 0 Å². The summed E-state index contributed by atoms with van der Waals surface area (Å²) in [5, 5.41) is 11.1. The summed E-state index contributed by atoms with van der Waals surface area (Å²) in [6, 6.07) is 4.30. The highest BCUT2D eigenvalue weighted by atomic mass is 19.1. The van der Waals surface area contributed by atoms with Crippen LogP contribution in [0.4, 0.5) is 10.1 Å². The van der Waals surface area contributed by atoms with Gasteiger partial charge in [0.15, 0.2) is 0 Å². The van der Waals surface area contributed by atoms with Crippen molar-refractivity contribution in [2.75, 3.05) is 11.9 Å². The van der Waals surface area contributed by atoms with Gasteiger partial charge < -0.3 is 10.4 Å². The first kappa shape index (κ1) is 15.2. The summed E-state index contributed by atoms with van der Waals surface area (Å²) in [5.41, 5.74) is 0.455. The molecule has 0 saturated carbocycles. The molecule has 0 aromatic heterocycles. The molecule has 0 spiro atoms. The third kappa shape index (κ3) is 5.54. The largest absolute Gasteiger partial charge is 0.384 e. The number of halogens is 1. The van der Waals surface area contributed by atoms with Crippen LogP contribution < -0.4 is 5.32 Å². The van der Waals surface area contributed by atoms with Crippen molar-refractivity contribution in [2.45, 2.75) is 27.2 Å². The van der Waals surface area contributed by atoms with Crippen molar-refractivity contribution in [3.05, 3.63) is 29.6 Å². The predicted molar refractivity (Wildman–Crippen MR) is 73.1 cm³/mol. The standard InChI is InChI=1S/C15H18FNO2/c1-15(2,3)10-14(19)17-13-7-6-11(5-4-8-18)9-12(13)16/h6-7,9,18H,8,10H2,1-3H3,(H,17,19). The third-order valence-electron chi connectivity index (χ3n) is 2.25. The number of amides is 1. The summed E-state index contributed by atoms with van der Waals surface area (Å²) in [5.74, 6) is 4.28. The molecule has 102 valence electrons. The van der Waals surface area contributed by atoms with Gasteiger partial charge in [-0.05, 0) is 23.6 Å². The Bertz CT molecular complexity index is 521. The number of rotatable bonds is 2. The first-order valence-electron chi connectivity index (χ1n) is 6.01. The van der Waals surface area contributed by atoms with Gasteiger partial charge in [0.25, 0.3) is 0 Å². The van der Waals surface area contributed by atoms with E-state index in [1.165, 1.54) is 12.1 Å². The SMILES string of the molecule is CC(C)(C)CC(=O)Nc1ccc(C#CCO)cc1F. The molecule has 0 unspecified atom stereocenters. The molecule has 0 aliphatic heterocycles. The zero-order chi connectivity index (χ0) is 14.5. The zero-order valence-corrected chi connectivity index (χ0v) is 11.4. The number of carbonyl (C=O) groups excluding carboxylic acids is 1. The van der Waals surface area contributed by atoms with E-state index in [2.05, 4.69) is 17.2 Å². The van der Waals surface area contributed by atoms with Gasteiger partial charge in [-0.2, -0.15) is 0 Å². The Balaban J connectivity index is 2.78. The van der Waals surface area contributed by atoms with Gasteiger partial charge in [0.2, 0.25) is 5.91 Å². The molecule has 0 bridgehead atoms. The van der Waals surface area contributed by atoms with E-state index < -0.39 is 5.82 Å². The number of nitrogens with one attached hydrogen (secondary N) is 1. The Morgan fingerprint density at radius 3 is 2.63 bits per heavy atom. The van der Waals surface area contributed by atoms with Crippen LogP contribution in [0.1, 0.15) is 32.8 Å². The van der Waals surface area contributed by atoms with Gasteiger partial charge in [-0.25, -0.2) is 4.39 Å². The fourth-order valence-electron chi connectivity index (χ4n) is 1.51. The quantitative estimate of drug-likeness (QED) is 0.806. The molecule has 4 heteroatoms. The van der Waals surface area contributed by atoms with Gasteiger partial charge >= 0.3 is 0 Å². The maximum Gasteiger partial charge on any atom is 0.224 e. The lowest BCUT2D eigenvalue weighted by Gasteiger charge is -2.17. The summed E-state index contributed by atoms with van der Waals surface area (Å²) in [4.78, 5) is 11.7. The Morgan fingerprint density at radius 2 is 2.11 bits per heavy atom. The second-order valence-electron chi connectivity index (χ2n) is 5.44. The molecule has 1 aromatic rings. The average molecular weight is 263 g/mol. The van der Waals surface area contributed by atoms with E-state index in [1.54, 1.807) is 6.07 Å². The highest BCUT2D eigenvalue weighted by Gasteiger charge is 2.16. The van der Waals surface area contributed by atoms with Crippen LogP contribution >= 0.6 is 0 Å². The van der Waals surface area contributed by atoms with Crippen molar-refractivity contribution in [3.8, 4) is 11.8 Å². The van der Waals surface area contributed by atoms with Crippen LogP contribution in [0, 0.1) is 23.1 Å². The van der Waals surface area contributed by atoms with Crippen molar-refractivity contribution < 1.29 is 14.3 Å². The third-order valence-corrected chi connectivity index (χ3v) is 2.25. The van der Waals surface area contributed by atoms with Crippen molar-refractivity contribution in [2.24, 2.45) is 5.41 Å². The normalized spacial score (nSPS) is 10.6. The molecule has 3 nitrogen and oxygen atoms in total. The van der Waals surface area contributed by atoms with Crippen molar-refractivity contribution >= 4 is 11.6 Å². The lowest BCUT2D eigenvalue weighted by Crippen LogP contribution is -2.20. The Labute approximate surface area is 112 Å². The fraction of sp³-hybridized carbons (Fsp3) is 0.400. The van der Waals surface area contributed by atoms with Gasteiger partial charge in [-0.1, -0.05) is 32.6 Å². The van der Waals surface area contributed by atoms with Crippen molar-refractivity contribution in [1.82, 2.24) is 0 Å². The molecule has 0 aliphatic rings. The van der Waals surface area contributed by atoms with E-state index in [-0.39, 0.29) is 23.6 Å². The molecule has 0 fully saturated rings. The van der Waals surface area contributed by atoms with Crippen LogP contribution in [0.15, 0.2) is 18.2 Å². The Morgan fingerprint density at radius 1 is 1.42 bits per heavy atom. The molecule has 0 aliphatic carbocycles. The molecule has 0 atom stereocenters. The summed E-state index contributed by atoms with van der Waals surface area (Å²) in [7, 11) is 0. The minimum absolute atomic E-state index is 0.142. The smallest absolute Gasteiger partial charge is 0.224 e. The van der Waals surface area contributed by atoms with Gasteiger partial charge in [0.05, 0.1) is 5.69 Å². The van der Waals surface area contributed by atoms with Crippen LogP contribution in [0.3, 0.4) is 0 Å². The highest BCUT2D eigenvalue weighted by Crippen LogP contribution is 2.21. The maximum absolute atomic E-state index is 13.7. The van der Waals surface area contributed by atoms with E-state index >= 15 is 0 Å². The summed E-state index contributed by atoms with van der Waals surface area (Å²) < 4.78 is 13.7. The van der Waals surface area contributed by atoms with Crippen molar-refractivity contribution in [3.63, 3.8) is 0 Å². The molecule has 1 rings (SSSR count). The molecule has 2 N–H and O–H groups in total. The Kier molecular flexibility index (Phi) is 5.08. The molecular weight excluding hydrogens is 245 g/mol. The lowest BCUT2D eigenvalue weighted by atomic mass is 9.92. The number of anilines is 1. The molecule has 1 aromatic carbocycles. The predicted octanol–water partition coefficient (Wildman–Crippen LogP) is 2.54. The van der Waals surface area contributed by atoms with E-state index in [0.717, 1.165) is 0 Å². The first-order valence-corrected chi connectivity index (χ1v) is 6.01. The first-order chi connectivity index (χ1) is 8.81. The number of carbonyl (C=O) groups is 1. The van der Waals surface area contributed by atoms with Gasteiger partial charge in [0, 0.05) is 12.0 Å². The van der Waals surface area contributed by atoms with Crippen LogP contribution in [0.5, 0.6) is 0 Å². The lowest BCUT2D eigenvalue weighted by molar-refractivity contribution is -0.117. The average Bonchev–Trinajstić information content (AvgIpc) is 2.27. The minimum Gasteiger partial charge on any atom is -0.384 e. The molecular formula is C15H18FNO2. The number of hydrogen-bond donors (Lipinski definition) is 2. The number of aliphatic hydroxyl groups excluding tert-OH is 1. The maximum atomic E-state index is 13.7. The van der Waals surface area contributed by atoms with Crippen molar-refractivity contribution in [1.29, 1.82) is 0 Å². The summed E-state index contributed by atoms with van der Waals surface area (Å²) in [6.45, 7) is 5.55. The molecule has 19 heavy (non-hydrogen) atoms. The highest BCUT2D eigenvalue weighted by molar-refractivity contribution is 5.91. The fourth-order valence-corrected chi connectivity index (χ4v) is 1.51. The zero-order valence-electron chi connectivity index (χ0n) is 11.4. The monoisotopic (exact) mass is 263 g/mol. The number of benzene rings is 1. The van der Waals surface area contributed by atoms with E-state index in [4.69, 9.17) is 5.11 Å². The summed E-state index contributed by atoms with van der Waals surface area (Å²) in [6.07, 6.45) is 0.318. The van der Waals surface area contributed by atoms with E-state index in [9.17, 15) is 9.18 Å².